The maximum absolute atomic E-state index is 14.8. The Balaban J connectivity index is 1.97. The summed E-state index contributed by atoms with van der Waals surface area (Å²) in [5.41, 5.74) is 0.905. The summed E-state index contributed by atoms with van der Waals surface area (Å²) in [7, 11) is 0. The first-order valence-electron chi connectivity index (χ1n) is 9.05. The first kappa shape index (κ1) is 20.3. The average Bonchev–Trinajstić information content (AvgIpc) is 3.18. The first-order valence-corrected chi connectivity index (χ1v) is 10.2. The zero-order chi connectivity index (χ0) is 21.6. The van der Waals surface area contributed by atoms with Crippen molar-refractivity contribution in [3.63, 3.8) is 0 Å². The number of nitrogens with zero attached hydrogens (tertiary/aromatic N) is 2. The molecule has 152 valence electrons. The zero-order valence-corrected chi connectivity index (χ0v) is 17.6. The van der Waals surface area contributed by atoms with Gasteiger partial charge in [-0.1, -0.05) is 29.8 Å². The minimum absolute atomic E-state index is 0.0951. The van der Waals surface area contributed by atoms with Crippen LogP contribution in [0, 0.1) is 19.7 Å². The van der Waals surface area contributed by atoms with Crippen molar-refractivity contribution in [2.75, 3.05) is 4.90 Å². The fraction of sp³-hybridized carbons (Fsp3) is 0.136. The molecule has 0 radical (unpaired) electrons. The molecule has 0 bridgehead atoms. The molecule has 8 heteroatoms. The molecule has 2 aromatic carbocycles. The highest BCUT2D eigenvalue weighted by molar-refractivity contribution is 7.16. The lowest BCUT2D eigenvalue weighted by molar-refractivity contribution is -0.132. The Bertz CT molecular complexity index is 1180. The molecule has 0 spiro atoms. The van der Waals surface area contributed by atoms with E-state index >= 15 is 0 Å². The molecule has 0 unspecified atom stereocenters. The van der Waals surface area contributed by atoms with E-state index in [-0.39, 0.29) is 16.3 Å². The Labute approximate surface area is 181 Å². The van der Waals surface area contributed by atoms with Crippen molar-refractivity contribution < 1.29 is 19.1 Å². The number of Topliss-reactive ketones (excluding diaryl/α,β-unsaturated/α-hetero) is 1. The molecule has 1 atom stereocenters. The van der Waals surface area contributed by atoms with Crippen LogP contribution in [0.4, 0.5) is 9.52 Å². The third-order valence-electron chi connectivity index (χ3n) is 4.99. The number of ketones is 1. The van der Waals surface area contributed by atoms with Gasteiger partial charge in [0.2, 0.25) is 0 Å². The van der Waals surface area contributed by atoms with Crippen molar-refractivity contribution in [3.8, 4) is 0 Å². The van der Waals surface area contributed by atoms with Crippen LogP contribution in [0.15, 0.2) is 54.1 Å². The molecule has 1 N–H and O–H groups in total. The summed E-state index contributed by atoms with van der Waals surface area (Å²) >= 11 is 7.14. The Hall–Kier alpha value is -3.03. The standard InChI is InChI=1S/C22H16ClFN2O3S/c1-11-12(2)30-22(25-11)26-18(15-5-3-4-6-16(15)24)17(20(28)21(26)29)19(27)13-7-9-14(23)10-8-13/h3-10,18,27H,1-2H3/t18-/m1/s1. The van der Waals surface area contributed by atoms with Gasteiger partial charge in [-0.2, -0.15) is 0 Å². The molecule has 1 aliphatic rings. The average molecular weight is 443 g/mol. The minimum atomic E-state index is -1.15. The molecule has 0 saturated carbocycles. The van der Waals surface area contributed by atoms with Gasteiger partial charge in [0.15, 0.2) is 5.13 Å². The van der Waals surface area contributed by atoms with Gasteiger partial charge in [-0.15, -0.1) is 11.3 Å². The van der Waals surface area contributed by atoms with Crippen LogP contribution in [-0.2, 0) is 9.59 Å². The summed E-state index contributed by atoms with van der Waals surface area (Å²) in [5.74, 6) is -2.76. The van der Waals surface area contributed by atoms with Crippen LogP contribution < -0.4 is 4.90 Å². The molecular formula is C22H16ClFN2O3S. The van der Waals surface area contributed by atoms with Crippen LogP contribution >= 0.6 is 22.9 Å². The highest BCUT2D eigenvalue weighted by atomic mass is 35.5. The molecule has 2 heterocycles. The van der Waals surface area contributed by atoms with Crippen LogP contribution in [0.25, 0.3) is 5.76 Å². The van der Waals surface area contributed by atoms with E-state index < -0.39 is 29.3 Å². The van der Waals surface area contributed by atoms with E-state index in [9.17, 15) is 19.1 Å². The predicted molar refractivity (Wildman–Crippen MR) is 114 cm³/mol. The lowest BCUT2D eigenvalue weighted by Crippen LogP contribution is -2.29. The van der Waals surface area contributed by atoms with Gasteiger partial charge in [-0.25, -0.2) is 9.37 Å². The number of aromatic nitrogens is 1. The van der Waals surface area contributed by atoms with E-state index in [1.807, 2.05) is 6.92 Å². The number of hydrogen-bond acceptors (Lipinski definition) is 5. The van der Waals surface area contributed by atoms with E-state index in [4.69, 9.17) is 11.6 Å². The summed E-state index contributed by atoms with van der Waals surface area (Å²) in [6.45, 7) is 3.64. The largest absolute Gasteiger partial charge is 0.507 e. The molecule has 1 fully saturated rings. The summed E-state index contributed by atoms with van der Waals surface area (Å²) in [4.78, 5) is 32.4. The SMILES string of the molecule is Cc1nc(N2C(=O)C(=O)C(=C(O)c3ccc(Cl)cc3)[C@H]2c2ccccc2F)sc1C. The number of aliphatic hydroxyl groups excluding tert-OH is 1. The number of benzene rings is 2. The number of halogens is 2. The van der Waals surface area contributed by atoms with Gasteiger partial charge < -0.3 is 5.11 Å². The topological polar surface area (TPSA) is 70.5 Å². The summed E-state index contributed by atoms with van der Waals surface area (Å²) in [6, 6.07) is 10.9. The van der Waals surface area contributed by atoms with Crippen molar-refractivity contribution in [1.82, 2.24) is 4.98 Å². The van der Waals surface area contributed by atoms with Crippen molar-refractivity contribution in [2.24, 2.45) is 0 Å². The third kappa shape index (κ3) is 3.30. The maximum atomic E-state index is 14.8. The number of hydrogen-bond donors (Lipinski definition) is 1. The predicted octanol–water partition coefficient (Wildman–Crippen LogP) is 5.18. The monoisotopic (exact) mass is 442 g/mol. The van der Waals surface area contributed by atoms with Gasteiger partial charge in [0.1, 0.15) is 17.6 Å². The molecule has 0 aliphatic carbocycles. The van der Waals surface area contributed by atoms with Crippen LogP contribution in [0.1, 0.15) is 27.7 Å². The van der Waals surface area contributed by atoms with Crippen molar-refractivity contribution in [1.29, 1.82) is 0 Å². The highest BCUT2D eigenvalue weighted by Gasteiger charge is 2.49. The van der Waals surface area contributed by atoms with Crippen LogP contribution in [0.5, 0.6) is 0 Å². The van der Waals surface area contributed by atoms with Gasteiger partial charge in [0.25, 0.3) is 5.78 Å². The number of aliphatic hydroxyl groups is 1. The van der Waals surface area contributed by atoms with Gasteiger partial charge >= 0.3 is 5.91 Å². The molecule has 30 heavy (non-hydrogen) atoms. The normalized spacial score (nSPS) is 18.3. The van der Waals surface area contributed by atoms with Crippen LogP contribution in [-0.4, -0.2) is 21.8 Å². The lowest BCUT2D eigenvalue weighted by atomic mass is 9.95. The van der Waals surface area contributed by atoms with Gasteiger partial charge in [0, 0.05) is 21.0 Å². The van der Waals surface area contributed by atoms with Crippen LogP contribution in [0.2, 0.25) is 5.02 Å². The Morgan fingerprint density at radius 3 is 2.40 bits per heavy atom. The fourth-order valence-corrected chi connectivity index (χ4v) is 4.41. The lowest BCUT2D eigenvalue weighted by Gasteiger charge is -2.23. The molecule has 1 aromatic heterocycles. The molecule has 3 aromatic rings. The number of amides is 1. The molecule has 1 saturated heterocycles. The van der Waals surface area contributed by atoms with Gasteiger partial charge in [-0.05, 0) is 44.2 Å². The second kappa shape index (κ2) is 7.66. The zero-order valence-electron chi connectivity index (χ0n) is 16.0. The Kier molecular flexibility index (Phi) is 5.17. The van der Waals surface area contributed by atoms with E-state index in [0.717, 1.165) is 9.78 Å². The number of carbonyl (C=O) groups is 2. The number of aryl methyl sites for hydroxylation is 2. The third-order valence-corrected chi connectivity index (χ3v) is 6.31. The maximum Gasteiger partial charge on any atom is 0.301 e. The summed E-state index contributed by atoms with van der Waals surface area (Å²) in [6.07, 6.45) is 0. The van der Waals surface area contributed by atoms with E-state index in [0.29, 0.717) is 16.3 Å². The van der Waals surface area contributed by atoms with E-state index in [2.05, 4.69) is 4.98 Å². The highest BCUT2D eigenvalue weighted by Crippen LogP contribution is 2.44. The number of carbonyl (C=O) groups excluding carboxylic acids is 2. The van der Waals surface area contributed by atoms with Crippen molar-refractivity contribution >= 4 is 45.5 Å². The van der Waals surface area contributed by atoms with E-state index in [1.165, 1.54) is 41.7 Å². The number of thiazole rings is 1. The fourth-order valence-electron chi connectivity index (χ4n) is 3.34. The van der Waals surface area contributed by atoms with Crippen molar-refractivity contribution in [3.05, 3.63) is 86.6 Å². The Morgan fingerprint density at radius 2 is 1.80 bits per heavy atom. The second-order valence-corrected chi connectivity index (χ2v) is 8.45. The number of rotatable bonds is 3. The van der Waals surface area contributed by atoms with Crippen LogP contribution in [0.3, 0.4) is 0 Å². The molecule has 4 rings (SSSR count). The second-order valence-electron chi connectivity index (χ2n) is 6.84. The summed E-state index contributed by atoms with van der Waals surface area (Å²) < 4.78 is 14.8. The van der Waals surface area contributed by atoms with Gasteiger partial charge in [-0.3, -0.25) is 14.5 Å². The van der Waals surface area contributed by atoms with E-state index in [1.54, 1.807) is 25.1 Å². The first-order chi connectivity index (χ1) is 14.3. The minimum Gasteiger partial charge on any atom is -0.507 e. The Morgan fingerprint density at radius 1 is 1.13 bits per heavy atom. The number of anilines is 1. The van der Waals surface area contributed by atoms with Gasteiger partial charge in [0.05, 0.1) is 11.3 Å². The van der Waals surface area contributed by atoms with Crippen molar-refractivity contribution in [2.45, 2.75) is 19.9 Å². The molecule has 1 amide bonds. The molecule has 1 aliphatic heterocycles. The summed E-state index contributed by atoms with van der Waals surface area (Å²) in [5, 5.41) is 11.7. The quantitative estimate of drug-likeness (QED) is 0.344. The molecule has 5 nitrogen and oxygen atoms in total. The smallest absolute Gasteiger partial charge is 0.301 e. The molecular weight excluding hydrogens is 427 g/mol.